The Morgan fingerprint density at radius 3 is 2.44 bits per heavy atom. The van der Waals surface area contributed by atoms with Gasteiger partial charge in [0, 0.05) is 21.8 Å². The number of hydrogen-bond acceptors (Lipinski definition) is 0. The van der Waals surface area contributed by atoms with Gasteiger partial charge in [0.2, 0.25) is 0 Å². The normalized spacial score (nSPS) is 14.6. The number of rotatable bonds is 2. The van der Waals surface area contributed by atoms with Crippen molar-refractivity contribution in [2.45, 2.75) is 53.4 Å². The van der Waals surface area contributed by atoms with Gasteiger partial charge < -0.3 is 0 Å². The molecule has 0 unspecified atom stereocenters. The van der Waals surface area contributed by atoms with E-state index in [1.54, 1.807) is 6.07 Å². The molecule has 0 bridgehead atoms. The summed E-state index contributed by atoms with van der Waals surface area (Å²) in [5, 5.41) is 3.01. The molecule has 0 aliphatic rings. The van der Waals surface area contributed by atoms with Crippen LogP contribution in [-0.2, 0) is 0 Å². The van der Waals surface area contributed by atoms with Crippen molar-refractivity contribution in [2.24, 2.45) is 0 Å². The Morgan fingerprint density at radius 1 is 1.00 bits per heavy atom. The smallest absolute Gasteiger partial charge is 0.225 e. The van der Waals surface area contributed by atoms with E-state index in [1.807, 2.05) is 12.1 Å². The maximum atomic E-state index is 8.11. The summed E-state index contributed by atoms with van der Waals surface area (Å²) in [5.74, 6) is 0.334. The summed E-state index contributed by atoms with van der Waals surface area (Å²) in [6.45, 7) is 8.74. The fourth-order valence-electron chi connectivity index (χ4n) is 4.20. The first-order valence-corrected chi connectivity index (χ1v) is 9.04. The average Bonchev–Trinajstić information content (AvgIpc) is 2.97. The number of fused-ring (bicyclic) bond motifs is 6. The van der Waals surface area contributed by atoms with E-state index in [0.29, 0.717) is 17.5 Å². The Morgan fingerprint density at radius 2 is 1.76 bits per heavy atom. The summed E-state index contributed by atoms with van der Waals surface area (Å²) in [7, 11) is 0. The molecule has 128 valence electrons. The van der Waals surface area contributed by atoms with Crippen LogP contribution in [-0.4, -0.2) is 4.57 Å². The highest BCUT2D eigenvalue weighted by Crippen LogP contribution is 2.35. The number of benzene rings is 2. The van der Waals surface area contributed by atoms with Crippen molar-refractivity contribution in [3.63, 3.8) is 0 Å². The predicted octanol–water partition coefficient (Wildman–Crippen LogP) is 5.85. The van der Waals surface area contributed by atoms with E-state index in [0.717, 1.165) is 27.3 Å². The van der Waals surface area contributed by atoms with Crippen molar-refractivity contribution in [3.8, 4) is 0 Å². The molecule has 0 fully saturated rings. The Hall–Kier alpha value is -2.35. The molecule has 0 amide bonds. The SMILES string of the molecule is [2H]C([2H])([2H])c1cccc2c1c1cccc(C(C)C)c1c1n(C(C)C)c(C)c[n+]21. The van der Waals surface area contributed by atoms with Crippen LogP contribution >= 0.6 is 0 Å². The number of aryl methyl sites for hydroxylation is 2. The lowest BCUT2D eigenvalue weighted by Crippen LogP contribution is -2.23. The molecule has 0 saturated carbocycles. The van der Waals surface area contributed by atoms with Crippen LogP contribution in [0.15, 0.2) is 42.6 Å². The van der Waals surface area contributed by atoms with Gasteiger partial charge in [0.05, 0.1) is 11.4 Å². The highest BCUT2D eigenvalue weighted by molar-refractivity contribution is 6.11. The van der Waals surface area contributed by atoms with E-state index in [-0.39, 0.29) is 0 Å². The quantitative estimate of drug-likeness (QED) is 0.321. The van der Waals surface area contributed by atoms with E-state index in [2.05, 4.69) is 68.0 Å². The second-order valence-corrected chi connectivity index (χ2v) is 7.55. The molecule has 4 rings (SSSR count). The topological polar surface area (TPSA) is 9.03 Å². The molecule has 25 heavy (non-hydrogen) atoms. The van der Waals surface area contributed by atoms with Crippen LogP contribution in [0.3, 0.4) is 0 Å². The lowest BCUT2D eigenvalue weighted by atomic mass is 9.93. The molecule has 0 aliphatic heterocycles. The first-order valence-electron chi connectivity index (χ1n) is 10.5. The van der Waals surface area contributed by atoms with E-state index >= 15 is 0 Å². The van der Waals surface area contributed by atoms with Gasteiger partial charge in [0.1, 0.15) is 17.4 Å². The zero-order valence-electron chi connectivity index (χ0n) is 18.6. The number of pyridine rings is 1. The molecular weight excluding hydrogens is 304 g/mol. The van der Waals surface area contributed by atoms with Gasteiger partial charge in [-0.3, -0.25) is 0 Å². The number of hydrogen-bond donors (Lipinski definition) is 0. The van der Waals surface area contributed by atoms with Gasteiger partial charge in [-0.25, -0.2) is 4.57 Å². The minimum Gasteiger partial charge on any atom is -0.225 e. The second-order valence-electron chi connectivity index (χ2n) is 7.55. The van der Waals surface area contributed by atoms with Crippen molar-refractivity contribution in [1.82, 2.24) is 4.57 Å². The molecule has 2 heteroatoms. The predicted molar refractivity (Wildman–Crippen MR) is 107 cm³/mol. The van der Waals surface area contributed by atoms with Gasteiger partial charge in [0.25, 0.3) is 5.65 Å². The van der Waals surface area contributed by atoms with E-state index in [1.165, 1.54) is 11.3 Å². The Labute approximate surface area is 153 Å². The molecule has 0 N–H and O–H groups in total. The Balaban J connectivity index is 2.42. The van der Waals surface area contributed by atoms with E-state index in [9.17, 15) is 0 Å². The van der Waals surface area contributed by atoms with Gasteiger partial charge in [-0.15, -0.1) is 0 Å². The maximum Gasteiger partial charge on any atom is 0.295 e. The molecule has 2 heterocycles. The molecule has 0 radical (unpaired) electrons. The van der Waals surface area contributed by atoms with Crippen molar-refractivity contribution < 1.29 is 8.51 Å². The van der Waals surface area contributed by atoms with Gasteiger partial charge in [-0.2, -0.15) is 4.40 Å². The summed E-state index contributed by atoms with van der Waals surface area (Å²) >= 11 is 0. The van der Waals surface area contributed by atoms with Gasteiger partial charge >= 0.3 is 0 Å². The zero-order chi connectivity index (χ0) is 20.4. The standard InChI is InChI=1S/C23H27N2/c1-14(2)18-10-8-11-19-21-16(5)9-7-12-20(21)24-13-17(6)25(15(3)4)23(24)22(18)19/h7-15H,1-6H3/q+1/i5D3. The number of aromatic nitrogens is 2. The summed E-state index contributed by atoms with van der Waals surface area (Å²) < 4.78 is 28.9. The third-order valence-corrected chi connectivity index (χ3v) is 5.18. The third-order valence-electron chi connectivity index (χ3n) is 5.18. The van der Waals surface area contributed by atoms with Crippen LogP contribution in [0.2, 0.25) is 0 Å². The second kappa shape index (κ2) is 5.59. The van der Waals surface area contributed by atoms with Gasteiger partial charge in [-0.05, 0) is 43.8 Å². The highest BCUT2D eigenvalue weighted by Gasteiger charge is 2.26. The minimum atomic E-state index is -2.16. The molecule has 2 aromatic heterocycles. The summed E-state index contributed by atoms with van der Waals surface area (Å²) in [6.07, 6.45) is 2.14. The monoisotopic (exact) mass is 334 g/mol. The first kappa shape index (κ1) is 12.9. The largest absolute Gasteiger partial charge is 0.295 e. The lowest BCUT2D eigenvalue weighted by molar-refractivity contribution is -0.479. The Kier molecular flexibility index (Phi) is 2.89. The molecular formula is C23H27N2+. The fraction of sp³-hybridized carbons (Fsp3) is 0.348. The average molecular weight is 335 g/mol. The molecule has 0 spiro atoms. The first-order chi connectivity index (χ1) is 13.1. The van der Waals surface area contributed by atoms with Gasteiger partial charge in [-0.1, -0.05) is 44.2 Å². The third kappa shape index (κ3) is 2.20. The Bertz CT molecular complexity index is 1210. The fourth-order valence-corrected chi connectivity index (χ4v) is 4.20. The van der Waals surface area contributed by atoms with Crippen molar-refractivity contribution in [1.29, 1.82) is 0 Å². The van der Waals surface area contributed by atoms with Crippen LogP contribution in [0.25, 0.3) is 27.3 Å². The summed E-state index contributed by atoms with van der Waals surface area (Å²) in [6, 6.07) is 12.2. The van der Waals surface area contributed by atoms with Crippen LogP contribution in [0.1, 0.15) is 60.6 Å². The number of imidazole rings is 1. The van der Waals surface area contributed by atoms with Crippen molar-refractivity contribution >= 4 is 27.3 Å². The number of nitrogens with zero attached hydrogens (tertiary/aromatic N) is 2. The van der Waals surface area contributed by atoms with Crippen molar-refractivity contribution in [2.75, 3.05) is 0 Å². The minimum absolute atomic E-state index is 0.302. The lowest BCUT2D eigenvalue weighted by Gasteiger charge is -2.14. The maximum absolute atomic E-state index is 8.11. The van der Waals surface area contributed by atoms with Crippen LogP contribution in [0.4, 0.5) is 0 Å². The summed E-state index contributed by atoms with van der Waals surface area (Å²) in [4.78, 5) is 0. The van der Waals surface area contributed by atoms with E-state index < -0.39 is 6.85 Å². The zero-order valence-corrected chi connectivity index (χ0v) is 15.6. The summed E-state index contributed by atoms with van der Waals surface area (Å²) in [5.41, 5.74) is 4.92. The highest BCUT2D eigenvalue weighted by atomic mass is 15.1. The molecule has 4 aromatic rings. The molecule has 0 atom stereocenters. The molecule has 2 aromatic carbocycles. The molecule has 2 nitrogen and oxygen atoms in total. The molecule has 0 saturated heterocycles. The molecule has 0 aliphatic carbocycles. The van der Waals surface area contributed by atoms with Crippen LogP contribution in [0.5, 0.6) is 0 Å². The van der Waals surface area contributed by atoms with E-state index in [4.69, 9.17) is 4.11 Å². The van der Waals surface area contributed by atoms with Gasteiger partial charge in [0.15, 0.2) is 0 Å². The van der Waals surface area contributed by atoms with Crippen LogP contribution in [0, 0.1) is 13.8 Å². The van der Waals surface area contributed by atoms with Crippen LogP contribution < -0.4 is 4.40 Å². The van der Waals surface area contributed by atoms with Crippen molar-refractivity contribution in [3.05, 3.63) is 59.4 Å².